The normalized spacial score (nSPS) is 12.5. The van der Waals surface area contributed by atoms with E-state index in [0.29, 0.717) is 19.3 Å². The summed E-state index contributed by atoms with van der Waals surface area (Å²) in [5, 5.41) is 0. The maximum atomic E-state index is 12.9. The number of unbranched alkanes of at least 4 members (excludes halogenated alkanes) is 43. The van der Waals surface area contributed by atoms with Crippen LogP contribution in [0.1, 0.15) is 374 Å². The summed E-state index contributed by atoms with van der Waals surface area (Å²) in [7, 11) is 0. The second-order valence-electron chi connectivity index (χ2n) is 24.1. The van der Waals surface area contributed by atoms with Gasteiger partial charge < -0.3 is 14.2 Å². The smallest absolute Gasteiger partial charge is 0.306 e. The number of carbonyl (C=O) groups excluding carboxylic acids is 3. The van der Waals surface area contributed by atoms with Crippen LogP contribution in [0.25, 0.3) is 0 Å². The van der Waals surface area contributed by atoms with Gasteiger partial charge in [0.05, 0.1) is 0 Å². The molecule has 6 heteroatoms. The van der Waals surface area contributed by atoms with Crippen LogP contribution in [0.4, 0.5) is 0 Å². The van der Waals surface area contributed by atoms with E-state index in [1.54, 1.807) is 0 Å². The van der Waals surface area contributed by atoms with E-state index in [1.807, 2.05) is 0 Å². The maximum Gasteiger partial charge on any atom is 0.306 e. The van der Waals surface area contributed by atoms with Crippen LogP contribution < -0.4 is 0 Å². The lowest BCUT2D eigenvalue weighted by atomic mass is 10.0. The highest BCUT2D eigenvalue weighted by Gasteiger charge is 2.19. The first-order valence-electron chi connectivity index (χ1n) is 35.9. The summed E-state index contributed by atoms with van der Waals surface area (Å²) in [6.45, 7) is 6.59. The molecule has 0 rings (SSSR count). The van der Waals surface area contributed by atoms with Crippen molar-refractivity contribution in [1.82, 2.24) is 0 Å². The molecule has 0 spiro atoms. The molecular weight excluding hydrogens is 1010 g/mol. The zero-order valence-electron chi connectivity index (χ0n) is 54.8. The van der Waals surface area contributed by atoms with Crippen molar-refractivity contribution in [3.63, 3.8) is 0 Å². The SMILES string of the molecule is CC/C=C\C/C=C\C/C=C\C/C=C\C/C=C\C/C=C\CCCCCCCCCCCCCCCCCCC(=O)OCC(COC(=O)CCCCCCCCCCCCCCCC)OC(=O)CCCCCCCCCCCCCCCCC. The van der Waals surface area contributed by atoms with Crippen molar-refractivity contribution in [2.24, 2.45) is 0 Å². The molecule has 0 aliphatic carbocycles. The molecule has 0 heterocycles. The van der Waals surface area contributed by atoms with E-state index in [4.69, 9.17) is 14.2 Å². The second kappa shape index (κ2) is 70.3. The van der Waals surface area contributed by atoms with E-state index in [2.05, 4.69) is 93.7 Å². The van der Waals surface area contributed by atoms with Crippen molar-refractivity contribution in [3.8, 4) is 0 Å². The van der Waals surface area contributed by atoms with E-state index in [-0.39, 0.29) is 31.1 Å². The third-order valence-electron chi connectivity index (χ3n) is 16.0. The summed E-state index contributed by atoms with van der Waals surface area (Å²) in [6, 6.07) is 0. The van der Waals surface area contributed by atoms with Crippen LogP contribution >= 0.6 is 0 Å². The third kappa shape index (κ3) is 67.6. The average Bonchev–Trinajstić information content (AvgIpc) is 3.48. The summed E-state index contributed by atoms with van der Waals surface area (Å²) in [4.78, 5) is 38.4. The molecule has 0 saturated carbocycles. The summed E-state index contributed by atoms with van der Waals surface area (Å²) < 4.78 is 17.0. The highest BCUT2D eigenvalue weighted by Crippen LogP contribution is 2.18. The maximum absolute atomic E-state index is 12.9. The molecule has 82 heavy (non-hydrogen) atoms. The summed E-state index contributed by atoms with van der Waals surface area (Å²) in [6.07, 6.45) is 92.2. The van der Waals surface area contributed by atoms with Crippen LogP contribution in [0.15, 0.2) is 72.9 Å². The molecule has 1 unspecified atom stereocenters. The Morgan fingerprint density at radius 1 is 0.256 bits per heavy atom. The van der Waals surface area contributed by atoms with Crippen molar-refractivity contribution in [1.29, 1.82) is 0 Å². The van der Waals surface area contributed by atoms with Crippen molar-refractivity contribution < 1.29 is 28.6 Å². The van der Waals surface area contributed by atoms with Gasteiger partial charge in [-0.2, -0.15) is 0 Å². The molecule has 1 atom stereocenters. The minimum atomic E-state index is -0.770. The minimum absolute atomic E-state index is 0.0668. The number of esters is 3. The van der Waals surface area contributed by atoms with E-state index < -0.39 is 6.10 Å². The highest BCUT2D eigenvalue weighted by molar-refractivity contribution is 5.71. The fraction of sp³-hybridized carbons (Fsp3) is 0.803. The molecule has 0 aliphatic heterocycles. The van der Waals surface area contributed by atoms with Crippen LogP contribution in [-0.2, 0) is 28.6 Å². The zero-order valence-corrected chi connectivity index (χ0v) is 54.8. The van der Waals surface area contributed by atoms with E-state index in [9.17, 15) is 14.4 Å². The van der Waals surface area contributed by atoms with Gasteiger partial charge in [0.1, 0.15) is 13.2 Å². The lowest BCUT2D eigenvalue weighted by Crippen LogP contribution is -2.30. The Bertz CT molecular complexity index is 1500. The Kier molecular flexibility index (Phi) is 67.6. The number of hydrogen-bond donors (Lipinski definition) is 0. The zero-order chi connectivity index (χ0) is 59.2. The van der Waals surface area contributed by atoms with E-state index in [0.717, 1.165) is 96.3 Å². The lowest BCUT2D eigenvalue weighted by Gasteiger charge is -2.18. The molecule has 0 amide bonds. The van der Waals surface area contributed by atoms with Crippen molar-refractivity contribution in [2.75, 3.05) is 13.2 Å². The van der Waals surface area contributed by atoms with Gasteiger partial charge in [-0.25, -0.2) is 0 Å². The highest BCUT2D eigenvalue weighted by atomic mass is 16.6. The number of hydrogen-bond acceptors (Lipinski definition) is 6. The monoisotopic (exact) mass is 1150 g/mol. The standard InChI is InChI=1S/C76H136O6/c1-4-7-10-13-16-19-22-25-28-29-30-31-32-33-34-35-36-37-38-39-40-41-42-43-44-45-46-47-49-51-54-57-60-63-66-69-75(78)81-72-73(71-80-74(77)68-65-62-59-56-53-50-27-24-21-18-15-12-9-6-3)82-76(79)70-67-64-61-58-55-52-48-26-23-20-17-14-11-8-5-2/h7,10,16,19,25,28,30-31,33-34,36-37,73H,4-6,8-9,11-15,17-18,20-24,26-27,29,32,35,38-72H2,1-3H3/b10-7-,19-16-,28-25-,31-30-,34-33-,37-36-. The first-order valence-corrected chi connectivity index (χ1v) is 35.9. The van der Waals surface area contributed by atoms with Crippen LogP contribution in [0.3, 0.4) is 0 Å². The Hall–Kier alpha value is -3.15. The van der Waals surface area contributed by atoms with Gasteiger partial charge in [-0.05, 0) is 70.6 Å². The summed E-state index contributed by atoms with van der Waals surface area (Å²) in [5.74, 6) is -0.840. The van der Waals surface area contributed by atoms with E-state index >= 15 is 0 Å². The molecule has 0 bridgehead atoms. The van der Waals surface area contributed by atoms with Crippen LogP contribution in [0.5, 0.6) is 0 Å². The summed E-state index contributed by atoms with van der Waals surface area (Å²) in [5.41, 5.74) is 0. The first kappa shape index (κ1) is 78.8. The van der Waals surface area contributed by atoms with E-state index in [1.165, 1.54) is 238 Å². The van der Waals surface area contributed by atoms with Gasteiger partial charge in [-0.15, -0.1) is 0 Å². The predicted molar refractivity (Wildman–Crippen MR) is 358 cm³/mol. The Balaban J connectivity index is 4.12. The number of allylic oxidation sites excluding steroid dienone is 12. The molecular formula is C76H136O6. The van der Waals surface area contributed by atoms with Gasteiger partial charge in [0.15, 0.2) is 6.10 Å². The molecule has 0 saturated heterocycles. The average molecular weight is 1150 g/mol. The lowest BCUT2D eigenvalue weighted by molar-refractivity contribution is -0.167. The first-order chi connectivity index (χ1) is 40.5. The van der Waals surface area contributed by atoms with Gasteiger partial charge in [-0.3, -0.25) is 14.4 Å². The Labute approximate surface area is 510 Å². The number of carbonyl (C=O) groups is 3. The second-order valence-corrected chi connectivity index (χ2v) is 24.1. The molecule has 0 aliphatic rings. The van der Waals surface area contributed by atoms with Gasteiger partial charge in [0.2, 0.25) is 0 Å². The van der Waals surface area contributed by atoms with Crippen LogP contribution in [-0.4, -0.2) is 37.2 Å². The van der Waals surface area contributed by atoms with Gasteiger partial charge >= 0.3 is 17.9 Å². The van der Waals surface area contributed by atoms with Gasteiger partial charge in [-0.1, -0.05) is 357 Å². The van der Waals surface area contributed by atoms with Gasteiger partial charge in [0.25, 0.3) is 0 Å². The molecule has 0 aromatic rings. The Morgan fingerprint density at radius 2 is 0.476 bits per heavy atom. The van der Waals surface area contributed by atoms with Crippen LogP contribution in [0, 0.1) is 0 Å². The minimum Gasteiger partial charge on any atom is -0.462 e. The van der Waals surface area contributed by atoms with Crippen LogP contribution in [0.2, 0.25) is 0 Å². The molecule has 6 nitrogen and oxygen atoms in total. The summed E-state index contributed by atoms with van der Waals surface area (Å²) >= 11 is 0. The fourth-order valence-electron chi connectivity index (χ4n) is 10.6. The molecule has 476 valence electrons. The molecule has 0 aromatic heterocycles. The Morgan fingerprint density at radius 3 is 0.744 bits per heavy atom. The topological polar surface area (TPSA) is 78.9 Å². The predicted octanol–water partition coefficient (Wildman–Crippen LogP) is 24.8. The van der Waals surface area contributed by atoms with Crippen molar-refractivity contribution in [3.05, 3.63) is 72.9 Å². The van der Waals surface area contributed by atoms with Crippen molar-refractivity contribution >= 4 is 17.9 Å². The van der Waals surface area contributed by atoms with Crippen molar-refractivity contribution in [2.45, 2.75) is 380 Å². The number of ether oxygens (including phenoxy) is 3. The van der Waals surface area contributed by atoms with Gasteiger partial charge in [0, 0.05) is 19.3 Å². The number of rotatable bonds is 66. The molecule has 0 aromatic carbocycles. The molecule has 0 N–H and O–H groups in total. The quantitative estimate of drug-likeness (QED) is 0.0261. The largest absolute Gasteiger partial charge is 0.462 e. The fourth-order valence-corrected chi connectivity index (χ4v) is 10.6. The molecule has 0 fully saturated rings. The molecule has 0 radical (unpaired) electrons. The third-order valence-corrected chi connectivity index (χ3v) is 16.0.